The highest BCUT2D eigenvalue weighted by atomic mass is 79.9. The number of ether oxygens (including phenoxy) is 3. The number of rotatable bonds is 6. The molecule has 1 aliphatic carbocycles. The van der Waals surface area contributed by atoms with Crippen LogP contribution in [-0.4, -0.2) is 51.5 Å². The summed E-state index contributed by atoms with van der Waals surface area (Å²) in [5.41, 5.74) is 0.724. The van der Waals surface area contributed by atoms with E-state index in [-0.39, 0.29) is 23.8 Å². The number of aliphatic hydroxyl groups is 1. The molecular formula is C20H20BrNO7S. The molecule has 0 amide bonds. The summed E-state index contributed by atoms with van der Waals surface area (Å²) in [5, 5.41) is 10.5. The summed E-state index contributed by atoms with van der Waals surface area (Å²) in [4.78, 5) is 11.5. The smallest absolute Gasteiger partial charge is 0.343 e. The normalized spacial score (nSPS) is 24.6. The summed E-state index contributed by atoms with van der Waals surface area (Å²) >= 11 is 3.29. The van der Waals surface area contributed by atoms with E-state index >= 15 is 0 Å². The van der Waals surface area contributed by atoms with Gasteiger partial charge in [0.1, 0.15) is 6.10 Å². The van der Waals surface area contributed by atoms with Crippen molar-refractivity contribution in [3.8, 4) is 11.5 Å². The van der Waals surface area contributed by atoms with Crippen molar-refractivity contribution >= 4 is 31.9 Å². The second-order valence-corrected chi connectivity index (χ2v) is 9.76. The average Bonchev–Trinajstić information content (AvgIpc) is 3.22. The van der Waals surface area contributed by atoms with Crippen LogP contribution in [0.5, 0.6) is 11.5 Å². The molecule has 4 atom stereocenters. The monoisotopic (exact) mass is 497 g/mol. The van der Waals surface area contributed by atoms with E-state index in [9.17, 15) is 18.3 Å². The second kappa shape index (κ2) is 8.18. The Kier molecular flexibility index (Phi) is 5.75. The molecule has 8 nitrogen and oxygen atoms in total. The van der Waals surface area contributed by atoms with E-state index in [0.29, 0.717) is 11.5 Å². The largest absolute Gasteiger partial charge is 0.485 e. The number of para-hydroxylation sites is 1. The van der Waals surface area contributed by atoms with Gasteiger partial charge in [0.05, 0.1) is 24.2 Å². The van der Waals surface area contributed by atoms with Gasteiger partial charge in [0.25, 0.3) is 0 Å². The van der Waals surface area contributed by atoms with E-state index in [0.717, 1.165) is 10.0 Å². The van der Waals surface area contributed by atoms with Gasteiger partial charge in [-0.15, -0.1) is 0 Å². The number of sulfonamides is 1. The molecule has 2 N–H and O–H groups in total. The molecule has 4 unspecified atom stereocenters. The lowest BCUT2D eigenvalue weighted by Crippen LogP contribution is -2.43. The number of hydrogen-bond acceptors (Lipinski definition) is 7. The third kappa shape index (κ3) is 3.92. The number of carbonyl (C=O) groups is 1. The molecule has 30 heavy (non-hydrogen) atoms. The van der Waals surface area contributed by atoms with Gasteiger partial charge in [0, 0.05) is 22.4 Å². The number of fused-ring (bicyclic) bond motifs is 3. The van der Waals surface area contributed by atoms with Crippen molar-refractivity contribution in [1.82, 2.24) is 4.72 Å². The highest BCUT2D eigenvalue weighted by molar-refractivity contribution is 9.10. The zero-order chi connectivity index (χ0) is 21.5. The lowest BCUT2D eigenvalue weighted by atomic mass is 9.94. The van der Waals surface area contributed by atoms with Gasteiger partial charge >= 0.3 is 5.97 Å². The quantitative estimate of drug-likeness (QED) is 0.586. The fourth-order valence-corrected chi connectivity index (χ4v) is 5.47. The Morgan fingerprint density at radius 2 is 2.00 bits per heavy atom. The van der Waals surface area contributed by atoms with Crippen LogP contribution in [0.1, 0.15) is 17.9 Å². The van der Waals surface area contributed by atoms with E-state index < -0.39 is 34.2 Å². The van der Waals surface area contributed by atoms with E-state index in [2.05, 4.69) is 25.4 Å². The maximum Gasteiger partial charge on any atom is 0.343 e. The Labute approximate surface area is 182 Å². The van der Waals surface area contributed by atoms with Crippen molar-refractivity contribution in [1.29, 1.82) is 0 Å². The predicted octanol–water partition coefficient (Wildman–Crippen LogP) is 1.96. The fraction of sp³-hybridized carbons (Fsp3) is 0.350. The van der Waals surface area contributed by atoms with Gasteiger partial charge < -0.3 is 19.3 Å². The van der Waals surface area contributed by atoms with E-state index in [1.807, 2.05) is 6.07 Å². The molecule has 0 radical (unpaired) electrons. The molecule has 1 saturated carbocycles. The first kappa shape index (κ1) is 21.1. The molecule has 1 aliphatic heterocycles. The van der Waals surface area contributed by atoms with Gasteiger partial charge in [-0.05, 0) is 30.3 Å². The Morgan fingerprint density at radius 1 is 1.27 bits per heavy atom. The number of nitrogens with one attached hydrogen (secondary N) is 1. The number of benzene rings is 2. The number of methoxy groups -OCH3 is 1. The van der Waals surface area contributed by atoms with Crippen LogP contribution in [0.4, 0.5) is 0 Å². The van der Waals surface area contributed by atoms with Crippen LogP contribution in [0.3, 0.4) is 0 Å². The lowest BCUT2D eigenvalue weighted by molar-refractivity contribution is -0.142. The lowest BCUT2D eigenvalue weighted by Gasteiger charge is -2.22. The van der Waals surface area contributed by atoms with Gasteiger partial charge in [0.2, 0.25) is 10.0 Å². The van der Waals surface area contributed by atoms with Crippen molar-refractivity contribution in [3.05, 3.63) is 52.5 Å². The first-order valence-corrected chi connectivity index (χ1v) is 11.5. The molecule has 4 rings (SSSR count). The number of carbonyl (C=O) groups excluding carboxylic acids is 1. The number of aliphatic hydroxyl groups excluding tert-OH is 1. The topological polar surface area (TPSA) is 111 Å². The third-order valence-electron chi connectivity index (χ3n) is 5.30. The molecule has 0 spiro atoms. The van der Waals surface area contributed by atoms with Crippen molar-refractivity contribution in [2.75, 3.05) is 13.7 Å². The Bertz CT molecular complexity index is 1060. The van der Waals surface area contributed by atoms with Crippen LogP contribution in [0.25, 0.3) is 0 Å². The van der Waals surface area contributed by atoms with Gasteiger partial charge in [-0.2, -0.15) is 0 Å². The highest BCUT2D eigenvalue weighted by Gasteiger charge is 2.51. The Balaban J connectivity index is 1.60. The summed E-state index contributed by atoms with van der Waals surface area (Å²) < 4.78 is 45.2. The summed E-state index contributed by atoms with van der Waals surface area (Å²) in [6, 6.07) is 10.7. The molecule has 2 aromatic rings. The average molecular weight is 498 g/mol. The molecule has 10 heteroatoms. The summed E-state index contributed by atoms with van der Waals surface area (Å²) in [6.07, 6.45) is -1.04. The van der Waals surface area contributed by atoms with Crippen LogP contribution in [0.2, 0.25) is 0 Å². The summed E-state index contributed by atoms with van der Waals surface area (Å²) in [6.45, 7) is -0.270. The number of hydrogen-bond donors (Lipinski definition) is 2. The summed E-state index contributed by atoms with van der Waals surface area (Å²) in [5.74, 6) is -0.0873. The molecule has 160 valence electrons. The second-order valence-electron chi connectivity index (χ2n) is 7.13. The van der Waals surface area contributed by atoms with Crippen molar-refractivity contribution in [3.63, 3.8) is 0 Å². The van der Waals surface area contributed by atoms with Crippen LogP contribution in [-0.2, 0) is 19.6 Å². The highest BCUT2D eigenvalue weighted by Crippen LogP contribution is 2.51. The minimum absolute atomic E-state index is 0.107. The predicted molar refractivity (Wildman–Crippen MR) is 110 cm³/mol. The third-order valence-corrected chi connectivity index (χ3v) is 7.31. The SMILES string of the molecule is COC(=O)COc1cccc2c1OC1CC(O)C(NS(=O)(=O)c3ccc(Br)cc3)C21. The number of esters is 1. The maximum atomic E-state index is 12.9. The molecule has 2 aromatic carbocycles. The first-order valence-electron chi connectivity index (χ1n) is 9.25. The zero-order valence-electron chi connectivity index (χ0n) is 15.9. The van der Waals surface area contributed by atoms with Crippen LogP contribution in [0, 0.1) is 0 Å². The minimum Gasteiger partial charge on any atom is -0.485 e. The number of halogens is 1. The minimum atomic E-state index is -3.85. The van der Waals surface area contributed by atoms with Gasteiger partial charge in [0.15, 0.2) is 18.1 Å². The van der Waals surface area contributed by atoms with Crippen LogP contribution >= 0.6 is 15.9 Å². The Hall–Kier alpha value is -2.14. The molecule has 0 saturated heterocycles. The van der Waals surface area contributed by atoms with E-state index in [1.165, 1.54) is 19.2 Å². The van der Waals surface area contributed by atoms with Gasteiger partial charge in [-0.25, -0.2) is 17.9 Å². The van der Waals surface area contributed by atoms with E-state index in [4.69, 9.17) is 9.47 Å². The Morgan fingerprint density at radius 3 is 2.70 bits per heavy atom. The van der Waals surface area contributed by atoms with Crippen molar-refractivity contribution in [2.24, 2.45) is 0 Å². The molecule has 0 bridgehead atoms. The van der Waals surface area contributed by atoms with Gasteiger partial charge in [-0.3, -0.25) is 0 Å². The molecule has 0 aromatic heterocycles. The zero-order valence-corrected chi connectivity index (χ0v) is 18.4. The molecular weight excluding hydrogens is 478 g/mol. The molecule has 1 heterocycles. The molecule has 1 fully saturated rings. The fourth-order valence-electron chi connectivity index (χ4n) is 3.91. The first-order chi connectivity index (χ1) is 14.3. The van der Waals surface area contributed by atoms with Crippen LogP contribution < -0.4 is 14.2 Å². The van der Waals surface area contributed by atoms with Crippen molar-refractivity contribution < 1.29 is 32.5 Å². The van der Waals surface area contributed by atoms with Gasteiger partial charge in [-0.1, -0.05) is 28.1 Å². The standard InChI is InChI=1S/C20H20BrNO7S/c1-27-17(24)10-28-15-4-2-3-13-18-16(29-20(13)15)9-14(23)19(18)22-30(25,26)12-7-5-11(21)6-8-12/h2-8,14,16,18-19,22-23H,9-10H2,1H3. The molecule has 2 aliphatic rings. The maximum absolute atomic E-state index is 12.9. The van der Waals surface area contributed by atoms with Crippen LogP contribution in [0.15, 0.2) is 51.8 Å². The van der Waals surface area contributed by atoms with Crippen molar-refractivity contribution in [2.45, 2.75) is 35.5 Å². The summed E-state index contributed by atoms with van der Waals surface area (Å²) in [7, 11) is -2.58. The van der Waals surface area contributed by atoms with E-state index in [1.54, 1.807) is 24.3 Å².